The number of benzene rings is 2. The molecule has 1 fully saturated rings. The number of amides is 1. The highest BCUT2D eigenvalue weighted by Gasteiger charge is 2.30. The Bertz CT molecular complexity index is 867. The molecule has 2 aromatic rings. The molecule has 0 spiro atoms. The van der Waals surface area contributed by atoms with Gasteiger partial charge in [0, 0.05) is 25.1 Å². The Balaban J connectivity index is 1.70. The molecule has 1 heterocycles. The van der Waals surface area contributed by atoms with Gasteiger partial charge in [-0.1, -0.05) is 30.3 Å². The number of ether oxygens (including phenoxy) is 4. The molecule has 3 rings (SSSR count). The summed E-state index contributed by atoms with van der Waals surface area (Å²) in [6, 6.07) is 12.8. The van der Waals surface area contributed by atoms with E-state index in [2.05, 4.69) is 0 Å². The molecule has 0 aliphatic carbocycles. The summed E-state index contributed by atoms with van der Waals surface area (Å²) in [4.78, 5) is 27.4. The van der Waals surface area contributed by atoms with Gasteiger partial charge in [-0.2, -0.15) is 0 Å². The number of carbonyl (C=O) groups is 2. The fraction of sp³-hybridized carbons (Fsp3) is 0.417. The second-order valence-electron chi connectivity index (χ2n) is 7.35. The molecule has 0 radical (unpaired) electrons. The number of carbonyl (C=O) groups excluding carboxylic acids is 2. The number of esters is 1. The largest absolute Gasteiger partial charge is 0.493 e. The monoisotopic (exact) mass is 427 g/mol. The van der Waals surface area contributed by atoms with Gasteiger partial charge >= 0.3 is 5.97 Å². The molecule has 2 aromatic carbocycles. The molecule has 31 heavy (non-hydrogen) atoms. The minimum absolute atomic E-state index is 0.120. The van der Waals surface area contributed by atoms with Crippen LogP contribution in [0.15, 0.2) is 42.5 Å². The molecule has 1 aliphatic rings. The van der Waals surface area contributed by atoms with Crippen LogP contribution in [0.3, 0.4) is 0 Å². The minimum Gasteiger partial charge on any atom is -0.493 e. The van der Waals surface area contributed by atoms with Gasteiger partial charge in [-0.25, -0.2) is 0 Å². The number of likely N-dealkylation sites (tertiary alicyclic amines) is 1. The van der Waals surface area contributed by atoms with Crippen molar-refractivity contribution in [2.45, 2.75) is 31.8 Å². The summed E-state index contributed by atoms with van der Waals surface area (Å²) in [7, 11) is 4.63. The van der Waals surface area contributed by atoms with Gasteiger partial charge in [-0.15, -0.1) is 0 Å². The molecule has 1 atom stereocenters. The summed E-state index contributed by atoms with van der Waals surface area (Å²) in [6.07, 6.45) is 1.56. The smallest absolute Gasteiger partial charge is 0.307 e. The summed E-state index contributed by atoms with van der Waals surface area (Å²) in [5, 5.41) is 0. The Hall–Kier alpha value is -3.22. The van der Waals surface area contributed by atoms with Crippen LogP contribution in [0, 0.1) is 0 Å². The second-order valence-corrected chi connectivity index (χ2v) is 7.35. The van der Waals surface area contributed by atoms with Crippen molar-refractivity contribution in [1.82, 2.24) is 4.90 Å². The predicted molar refractivity (Wildman–Crippen MR) is 116 cm³/mol. The minimum atomic E-state index is -0.924. The van der Waals surface area contributed by atoms with E-state index in [1.807, 2.05) is 30.3 Å². The first-order valence-electron chi connectivity index (χ1n) is 10.4. The topological polar surface area (TPSA) is 74.3 Å². The van der Waals surface area contributed by atoms with E-state index in [4.69, 9.17) is 18.9 Å². The van der Waals surface area contributed by atoms with Gasteiger partial charge in [-0.3, -0.25) is 9.59 Å². The van der Waals surface area contributed by atoms with Crippen molar-refractivity contribution in [1.29, 1.82) is 0 Å². The van der Waals surface area contributed by atoms with Gasteiger partial charge in [-0.05, 0) is 37.0 Å². The quantitative estimate of drug-likeness (QED) is 0.570. The Morgan fingerprint density at radius 2 is 1.55 bits per heavy atom. The van der Waals surface area contributed by atoms with E-state index in [-0.39, 0.29) is 12.3 Å². The van der Waals surface area contributed by atoms with Crippen LogP contribution in [0.1, 0.15) is 36.5 Å². The highest BCUT2D eigenvalue weighted by molar-refractivity contribution is 5.85. The number of rotatable bonds is 9. The Labute approximate surface area is 182 Å². The van der Waals surface area contributed by atoms with Gasteiger partial charge in [0.05, 0.1) is 21.3 Å². The van der Waals surface area contributed by atoms with E-state index in [1.54, 1.807) is 38.4 Å². The molecule has 0 saturated carbocycles. The first kappa shape index (κ1) is 22.5. The van der Waals surface area contributed by atoms with Gasteiger partial charge in [0.15, 0.2) is 11.5 Å². The Morgan fingerprint density at radius 3 is 2.10 bits per heavy atom. The van der Waals surface area contributed by atoms with Crippen LogP contribution >= 0.6 is 0 Å². The first-order valence-corrected chi connectivity index (χ1v) is 10.4. The van der Waals surface area contributed by atoms with Crippen molar-refractivity contribution in [2.24, 2.45) is 0 Å². The van der Waals surface area contributed by atoms with Crippen LogP contribution in [-0.2, 0) is 20.7 Å². The standard InChI is InChI=1S/C24H29NO6/c1-28-19-15-17(16-20(29-2)23(19)30-3)11-12-21(26)31-22(18-9-5-4-6-10-18)24(27)25-13-7-8-14-25/h4-6,9-10,15-16,22H,7-8,11-14H2,1-3H3/t22-/m1/s1. The zero-order valence-electron chi connectivity index (χ0n) is 18.3. The summed E-state index contributed by atoms with van der Waals surface area (Å²) in [5.41, 5.74) is 1.52. The zero-order chi connectivity index (χ0) is 22.2. The summed E-state index contributed by atoms with van der Waals surface area (Å²) < 4.78 is 21.7. The Kier molecular flexibility index (Phi) is 7.76. The van der Waals surface area contributed by atoms with Gasteiger partial charge in [0.2, 0.25) is 11.9 Å². The maximum Gasteiger partial charge on any atom is 0.307 e. The molecule has 0 unspecified atom stereocenters. The van der Waals surface area contributed by atoms with Crippen LogP contribution in [0.4, 0.5) is 0 Å². The third-order valence-corrected chi connectivity index (χ3v) is 5.34. The van der Waals surface area contributed by atoms with Crippen molar-refractivity contribution in [3.05, 3.63) is 53.6 Å². The lowest BCUT2D eigenvalue weighted by molar-refractivity contribution is -0.160. The summed E-state index contributed by atoms with van der Waals surface area (Å²) >= 11 is 0. The van der Waals surface area contributed by atoms with E-state index in [0.717, 1.165) is 18.4 Å². The third-order valence-electron chi connectivity index (χ3n) is 5.34. The maximum absolute atomic E-state index is 13.0. The SMILES string of the molecule is COc1cc(CCC(=O)O[C@@H](C(=O)N2CCCC2)c2ccccc2)cc(OC)c1OC. The first-order chi connectivity index (χ1) is 15.1. The van der Waals surface area contributed by atoms with Crippen LogP contribution in [-0.4, -0.2) is 51.2 Å². The molecule has 1 aliphatic heterocycles. The number of aryl methyl sites for hydroxylation is 1. The molecule has 7 nitrogen and oxygen atoms in total. The summed E-state index contributed by atoms with van der Waals surface area (Å²) in [5.74, 6) is 0.949. The molecule has 1 saturated heterocycles. The highest BCUT2D eigenvalue weighted by atomic mass is 16.5. The third kappa shape index (κ3) is 5.48. The molecular weight excluding hydrogens is 398 g/mol. The Morgan fingerprint density at radius 1 is 0.935 bits per heavy atom. The number of hydrogen-bond acceptors (Lipinski definition) is 6. The molecule has 0 bridgehead atoms. The van der Waals surface area contributed by atoms with Crippen molar-refractivity contribution in [2.75, 3.05) is 34.4 Å². The maximum atomic E-state index is 13.0. The van der Waals surface area contributed by atoms with Gasteiger partial charge < -0.3 is 23.8 Å². The molecule has 0 aromatic heterocycles. The van der Waals surface area contributed by atoms with Crippen LogP contribution in [0.2, 0.25) is 0 Å². The lowest BCUT2D eigenvalue weighted by Crippen LogP contribution is -2.34. The normalized spacial score (nSPS) is 14.1. The molecule has 1 amide bonds. The lowest BCUT2D eigenvalue weighted by Gasteiger charge is -2.23. The number of hydrogen-bond donors (Lipinski definition) is 0. The lowest BCUT2D eigenvalue weighted by atomic mass is 10.1. The van der Waals surface area contributed by atoms with Crippen molar-refractivity contribution in [3.63, 3.8) is 0 Å². The van der Waals surface area contributed by atoms with Crippen LogP contribution < -0.4 is 14.2 Å². The van der Waals surface area contributed by atoms with Crippen LogP contribution in [0.25, 0.3) is 0 Å². The molecule has 7 heteroatoms. The highest BCUT2D eigenvalue weighted by Crippen LogP contribution is 2.38. The predicted octanol–water partition coefficient (Wildman–Crippen LogP) is 3.55. The second kappa shape index (κ2) is 10.7. The van der Waals surface area contributed by atoms with E-state index < -0.39 is 12.1 Å². The van der Waals surface area contributed by atoms with Crippen LogP contribution in [0.5, 0.6) is 17.2 Å². The number of methoxy groups -OCH3 is 3. The van der Waals surface area contributed by atoms with Crippen molar-refractivity contribution < 1.29 is 28.5 Å². The average molecular weight is 427 g/mol. The molecule has 166 valence electrons. The van der Waals surface area contributed by atoms with Crippen molar-refractivity contribution in [3.8, 4) is 17.2 Å². The zero-order valence-corrected chi connectivity index (χ0v) is 18.3. The van der Waals surface area contributed by atoms with Crippen molar-refractivity contribution >= 4 is 11.9 Å². The van der Waals surface area contributed by atoms with E-state index >= 15 is 0 Å². The van der Waals surface area contributed by atoms with E-state index in [9.17, 15) is 9.59 Å². The molecular formula is C24H29NO6. The molecule has 0 N–H and O–H groups in total. The summed E-state index contributed by atoms with van der Waals surface area (Å²) in [6.45, 7) is 1.40. The number of nitrogens with zero attached hydrogens (tertiary/aromatic N) is 1. The van der Waals surface area contributed by atoms with Gasteiger partial charge in [0.1, 0.15) is 0 Å². The fourth-order valence-electron chi connectivity index (χ4n) is 3.71. The average Bonchev–Trinajstić information content (AvgIpc) is 3.35. The van der Waals surface area contributed by atoms with E-state index in [0.29, 0.717) is 42.3 Å². The van der Waals surface area contributed by atoms with Gasteiger partial charge in [0.25, 0.3) is 5.91 Å². The fourth-order valence-corrected chi connectivity index (χ4v) is 3.71. The van der Waals surface area contributed by atoms with E-state index in [1.165, 1.54) is 0 Å².